The number of anilines is 2. The average molecular weight is 689 g/mol. The molecule has 2 aliphatic heterocycles. The van der Waals surface area contributed by atoms with Crippen molar-refractivity contribution in [3.8, 4) is 11.5 Å². The summed E-state index contributed by atoms with van der Waals surface area (Å²) in [5.74, 6) is 2.41. The van der Waals surface area contributed by atoms with Gasteiger partial charge in [0.25, 0.3) is 5.91 Å². The number of fused-ring (bicyclic) bond motifs is 1. The van der Waals surface area contributed by atoms with Crippen LogP contribution in [0.3, 0.4) is 0 Å². The lowest BCUT2D eigenvalue weighted by molar-refractivity contribution is -0.119. The highest BCUT2D eigenvalue weighted by atomic mass is 32.2. The van der Waals surface area contributed by atoms with Gasteiger partial charge in [0.1, 0.15) is 11.9 Å². The van der Waals surface area contributed by atoms with Crippen LogP contribution in [-0.4, -0.2) is 100 Å². The largest absolute Gasteiger partial charge is 0.493 e. The van der Waals surface area contributed by atoms with Gasteiger partial charge in [0.2, 0.25) is 11.9 Å². The number of benzene rings is 2. The lowest BCUT2D eigenvalue weighted by Gasteiger charge is -2.34. The Hall–Kier alpha value is -4.69. The number of piperazine rings is 1. The number of ketones is 1. The summed E-state index contributed by atoms with van der Waals surface area (Å²) in [6.45, 7) is 3.79. The highest BCUT2D eigenvalue weighted by Crippen LogP contribution is 2.36. The normalized spacial score (nSPS) is 16.9. The fourth-order valence-electron chi connectivity index (χ4n) is 5.81. The first kappa shape index (κ1) is 33.2. The topological polar surface area (TPSA) is 130 Å². The van der Waals surface area contributed by atoms with Gasteiger partial charge in [-0.2, -0.15) is 4.98 Å². The second-order valence-electron chi connectivity index (χ2n) is 11.6. The van der Waals surface area contributed by atoms with Crippen LogP contribution < -0.4 is 19.7 Å². The predicted molar refractivity (Wildman–Crippen MR) is 188 cm³/mol. The van der Waals surface area contributed by atoms with Gasteiger partial charge < -0.3 is 33.9 Å². The molecule has 12 nitrogen and oxygen atoms in total. The molecule has 0 saturated carbocycles. The third-order valence-corrected chi connectivity index (χ3v) is 10.1. The second kappa shape index (κ2) is 14.6. The molecule has 48 heavy (non-hydrogen) atoms. The van der Waals surface area contributed by atoms with Crippen LogP contribution >= 0.6 is 24.0 Å². The second-order valence-corrected chi connectivity index (χ2v) is 13.0. The minimum Gasteiger partial charge on any atom is -0.493 e. The summed E-state index contributed by atoms with van der Waals surface area (Å²) >= 11 is 7.46. The molecule has 14 heteroatoms. The minimum absolute atomic E-state index is 0.00817. The van der Waals surface area contributed by atoms with Gasteiger partial charge in [-0.15, -0.1) is 11.8 Å². The number of thiocarbonyl (C=S) groups is 1. The Bertz CT molecular complexity index is 1810. The van der Waals surface area contributed by atoms with E-state index in [9.17, 15) is 14.4 Å². The van der Waals surface area contributed by atoms with Crippen molar-refractivity contribution in [1.82, 2.24) is 19.8 Å². The molecule has 4 heterocycles. The maximum Gasteiger partial charge on any atom is 0.289 e. The van der Waals surface area contributed by atoms with E-state index in [0.717, 1.165) is 0 Å². The van der Waals surface area contributed by atoms with Crippen LogP contribution in [0.4, 0.5) is 11.8 Å². The molecule has 0 spiro atoms. The fraction of sp³-hybridized carbons (Fsp3) is 0.353. The third-order valence-electron chi connectivity index (χ3n) is 8.49. The Labute approximate surface area is 287 Å². The number of Topliss-reactive ketones (excluding diaryl/α,β-unsaturated/α-hetero) is 1. The molecular formula is C34H36N6O6S2. The van der Waals surface area contributed by atoms with Crippen molar-refractivity contribution in [2.75, 3.05) is 62.2 Å². The van der Waals surface area contributed by atoms with Crippen molar-refractivity contribution in [3.05, 3.63) is 72.2 Å². The summed E-state index contributed by atoms with van der Waals surface area (Å²) in [5, 5.41) is 3.64. The number of hydrogen-bond donors (Lipinski definition) is 1. The number of amides is 2. The van der Waals surface area contributed by atoms with Gasteiger partial charge in [-0.3, -0.25) is 14.4 Å². The lowest BCUT2D eigenvalue weighted by Crippen LogP contribution is -2.49. The van der Waals surface area contributed by atoms with Gasteiger partial charge in [-0.1, -0.05) is 49.5 Å². The zero-order chi connectivity index (χ0) is 33.8. The maximum absolute atomic E-state index is 14.0. The Morgan fingerprint density at radius 2 is 1.75 bits per heavy atom. The molecule has 1 N–H and O–H groups in total. The maximum atomic E-state index is 14.0. The number of carbonyl (C=O) groups is 3. The van der Waals surface area contributed by atoms with Gasteiger partial charge in [-0.05, 0) is 18.2 Å². The summed E-state index contributed by atoms with van der Waals surface area (Å²) in [7, 11) is 3.09. The molecule has 2 atom stereocenters. The van der Waals surface area contributed by atoms with Crippen LogP contribution in [0, 0.1) is 5.92 Å². The van der Waals surface area contributed by atoms with Crippen molar-refractivity contribution >= 4 is 69.2 Å². The Morgan fingerprint density at radius 1 is 1.02 bits per heavy atom. The standard InChI is InChI=1S/C34H36N6O6S2/c1-21(16-26(41)22-8-5-4-6-9-22)33(47)40-20-48-19-25(40)31(42)36-30-23-17-28(44-2)29(45-3)18-24(23)35-34(37-30)39-13-11-38(12-14-39)32(43)27-10-7-15-46-27/h4-10,15,17-18,21,25H,11-14,16,19-20H2,1-3H3,(H,35,36,37,42). The van der Waals surface area contributed by atoms with Crippen molar-refractivity contribution < 1.29 is 28.3 Å². The van der Waals surface area contributed by atoms with E-state index >= 15 is 0 Å². The van der Waals surface area contributed by atoms with E-state index in [1.165, 1.54) is 6.26 Å². The first-order valence-electron chi connectivity index (χ1n) is 15.6. The summed E-state index contributed by atoms with van der Waals surface area (Å²) in [4.78, 5) is 55.5. The smallest absolute Gasteiger partial charge is 0.289 e. The Balaban J connectivity index is 1.22. The molecule has 2 aromatic carbocycles. The van der Waals surface area contributed by atoms with Gasteiger partial charge >= 0.3 is 0 Å². The summed E-state index contributed by atoms with van der Waals surface area (Å²) in [6, 6.07) is 15.4. The molecule has 2 saturated heterocycles. The zero-order valence-corrected chi connectivity index (χ0v) is 28.5. The first-order chi connectivity index (χ1) is 23.3. The summed E-state index contributed by atoms with van der Waals surface area (Å²) in [6.07, 6.45) is 1.73. The van der Waals surface area contributed by atoms with E-state index in [1.807, 2.05) is 34.9 Å². The van der Waals surface area contributed by atoms with Crippen LogP contribution in [0.25, 0.3) is 10.9 Å². The van der Waals surface area contributed by atoms with Crippen LogP contribution in [0.2, 0.25) is 0 Å². The number of methoxy groups -OCH3 is 2. The average Bonchev–Trinajstić information content (AvgIpc) is 3.84. The molecule has 2 unspecified atom stereocenters. The molecular weight excluding hydrogens is 653 g/mol. The van der Waals surface area contributed by atoms with E-state index in [-0.39, 0.29) is 29.9 Å². The summed E-state index contributed by atoms with van der Waals surface area (Å²) in [5.41, 5.74) is 1.20. The Kier molecular flexibility index (Phi) is 10.1. The number of nitrogens with one attached hydrogen (secondary N) is 1. The molecule has 6 rings (SSSR count). The molecule has 2 fully saturated rings. The monoisotopic (exact) mass is 688 g/mol. The number of hydrogen-bond acceptors (Lipinski definition) is 11. The fourth-order valence-corrected chi connectivity index (χ4v) is 7.35. The van der Waals surface area contributed by atoms with Crippen LogP contribution in [0.1, 0.15) is 34.3 Å². The number of furan rings is 1. The molecule has 0 radical (unpaired) electrons. The van der Waals surface area contributed by atoms with Crippen molar-refractivity contribution in [2.24, 2.45) is 5.92 Å². The molecule has 0 bridgehead atoms. The van der Waals surface area contributed by atoms with Gasteiger partial charge in [-0.25, -0.2) is 4.98 Å². The molecule has 0 aliphatic carbocycles. The van der Waals surface area contributed by atoms with Gasteiger partial charge in [0, 0.05) is 61.3 Å². The Morgan fingerprint density at radius 3 is 2.44 bits per heavy atom. The number of thioether (sulfide) groups is 1. The highest BCUT2D eigenvalue weighted by molar-refractivity contribution is 7.99. The predicted octanol–water partition coefficient (Wildman–Crippen LogP) is 4.75. The van der Waals surface area contributed by atoms with Crippen LogP contribution in [0.15, 0.2) is 65.3 Å². The first-order valence-corrected chi connectivity index (χ1v) is 17.1. The molecule has 4 aromatic rings. The quantitative estimate of drug-likeness (QED) is 0.182. The van der Waals surface area contributed by atoms with Crippen molar-refractivity contribution in [3.63, 3.8) is 0 Å². The number of ether oxygens (including phenoxy) is 2. The van der Waals surface area contributed by atoms with Crippen LogP contribution in [-0.2, 0) is 4.79 Å². The summed E-state index contributed by atoms with van der Waals surface area (Å²) < 4.78 is 16.4. The molecule has 2 aliphatic rings. The van der Waals surface area contributed by atoms with E-state index in [2.05, 4.69) is 5.32 Å². The number of nitrogens with zero attached hydrogens (tertiary/aromatic N) is 5. The van der Waals surface area contributed by atoms with Gasteiger partial charge in [0.15, 0.2) is 23.0 Å². The molecule has 2 amide bonds. The SMILES string of the molecule is COc1cc2nc(N3CCN(C(=O)c4ccco4)CC3)nc(NC(=O)C3CSCN3C(=S)C(C)CC(=O)c3ccccc3)c2cc1OC. The number of carbonyl (C=O) groups excluding carboxylic acids is 3. The number of aromatic nitrogens is 2. The van der Waals surface area contributed by atoms with E-state index < -0.39 is 6.04 Å². The highest BCUT2D eigenvalue weighted by Gasteiger charge is 2.36. The molecule has 250 valence electrons. The lowest BCUT2D eigenvalue weighted by atomic mass is 9.99. The van der Waals surface area contributed by atoms with Gasteiger partial charge in [0.05, 0.1) is 36.9 Å². The van der Waals surface area contributed by atoms with Crippen molar-refractivity contribution in [1.29, 1.82) is 0 Å². The number of rotatable bonds is 10. The minimum atomic E-state index is -0.554. The van der Waals surface area contributed by atoms with Crippen molar-refractivity contribution in [2.45, 2.75) is 19.4 Å². The third kappa shape index (κ3) is 6.95. The van der Waals surface area contributed by atoms with E-state index in [4.69, 9.17) is 36.1 Å². The van der Waals surface area contributed by atoms with E-state index in [0.29, 0.717) is 88.3 Å². The molecule has 2 aromatic heterocycles. The van der Waals surface area contributed by atoms with E-state index in [1.54, 1.807) is 67.3 Å². The zero-order valence-electron chi connectivity index (χ0n) is 26.9. The van der Waals surface area contributed by atoms with Crippen LogP contribution in [0.5, 0.6) is 11.5 Å².